The van der Waals surface area contributed by atoms with Gasteiger partial charge in [-0.3, -0.25) is 9.69 Å². The van der Waals surface area contributed by atoms with Crippen molar-refractivity contribution in [3.8, 4) is 0 Å². The van der Waals surface area contributed by atoms with Crippen LogP contribution in [0, 0.1) is 0 Å². The van der Waals surface area contributed by atoms with Gasteiger partial charge in [-0.25, -0.2) is 0 Å². The Hall–Kier alpha value is -1.65. The maximum absolute atomic E-state index is 12.7. The van der Waals surface area contributed by atoms with E-state index in [4.69, 9.17) is 0 Å². The first-order valence-electron chi connectivity index (χ1n) is 8.89. The van der Waals surface area contributed by atoms with Gasteiger partial charge in [0.15, 0.2) is 0 Å². The molecule has 1 aromatic heterocycles. The number of rotatable bonds is 6. The fraction of sp³-hybridized carbons (Fsp3) is 0.450. The van der Waals surface area contributed by atoms with Crippen molar-refractivity contribution in [2.75, 3.05) is 13.1 Å². The average Bonchev–Trinajstić information content (AvgIpc) is 3.34. The molecule has 3 nitrogen and oxygen atoms in total. The zero-order chi connectivity index (χ0) is 16.4. The summed E-state index contributed by atoms with van der Waals surface area (Å²) in [5, 5.41) is 4.36. The van der Waals surface area contributed by atoms with E-state index in [9.17, 15) is 4.79 Å². The van der Waals surface area contributed by atoms with Crippen LogP contribution in [0.25, 0.3) is 0 Å². The number of carbonyl (C=O) groups excluding carboxylic acids is 1. The van der Waals surface area contributed by atoms with E-state index in [0.717, 1.165) is 32.6 Å². The van der Waals surface area contributed by atoms with E-state index in [1.165, 1.54) is 29.5 Å². The first-order valence-corrected chi connectivity index (χ1v) is 9.83. The van der Waals surface area contributed by atoms with E-state index < -0.39 is 0 Å². The second-order valence-corrected chi connectivity index (χ2v) is 7.70. The molecule has 2 aliphatic rings. The van der Waals surface area contributed by atoms with Crippen LogP contribution in [0.1, 0.15) is 36.0 Å². The van der Waals surface area contributed by atoms with E-state index >= 15 is 0 Å². The lowest BCUT2D eigenvalue weighted by atomic mass is 10.00. The van der Waals surface area contributed by atoms with Gasteiger partial charge in [0.1, 0.15) is 0 Å². The monoisotopic (exact) mass is 340 g/mol. The predicted octanol–water partition coefficient (Wildman–Crippen LogP) is 3.69. The second kappa shape index (κ2) is 7.08. The standard InChI is InChI=1S/C20H24N2OS/c23-20(22-10-7-17-3-1-2-4-18(17)14-22)8-11-21(19-5-6-19)13-16-9-12-24-15-16/h1-4,9,12,15,19H,5-8,10-11,13-14H2. The van der Waals surface area contributed by atoms with Gasteiger partial charge >= 0.3 is 0 Å². The highest BCUT2D eigenvalue weighted by atomic mass is 32.1. The summed E-state index contributed by atoms with van der Waals surface area (Å²) in [7, 11) is 0. The molecule has 0 spiro atoms. The van der Waals surface area contributed by atoms with Crippen LogP contribution in [0.15, 0.2) is 41.1 Å². The van der Waals surface area contributed by atoms with Crippen molar-refractivity contribution in [3.05, 3.63) is 57.8 Å². The molecule has 4 heteroatoms. The predicted molar refractivity (Wildman–Crippen MR) is 97.9 cm³/mol. The molecular weight excluding hydrogens is 316 g/mol. The van der Waals surface area contributed by atoms with Crippen molar-refractivity contribution >= 4 is 17.2 Å². The van der Waals surface area contributed by atoms with Crippen LogP contribution in [-0.4, -0.2) is 34.8 Å². The minimum Gasteiger partial charge on any atom is -0.338 e. The quantitative estimate of drug-likeness (QED) is 0.801. The molecule has 0 saturated heterocycles. The summed E-state index contributed by atoms with van der Waals surface area (Å²) >= 11 is 1.75. The summed E-state index contributed by atoms with van der Waals surface area (Å²) in [5.41, 5.74) is 4.10. The third-order valence-electron chi connectivity index (χ3n) is 5.13. The molecule has 0 radical (unpaired) electrons. The smallest absolute Gasteiger partial charge is 0.224 e. The van der Waals surface area contributed by atoms with Crippen molar-refractivity contribution < 1.29 is 4.79 Å². The number of hydrogen-bond acceptors (Lipinski definition) is 3. The summed E-state index contributed by atoms with van der Waals surface area (Å²) in [5.74, 6) is 0.306. The van der Waals surface area contributed by atoms with E-state index in [2.05, 4.69) is 46.0 Å². The minimum absolute atomic E-state index is 0.306. The van der Waals surface area contributed by atoms with Crippen LogP contribution in [-0.2, 0) is 24.3 Å². The Morgan fingerprint density at radius 2 is 2.04 bits per heavy atom. The molecule has 1 aliphatic heterocycles. The van der Waals surface area contributed by atoms with Crippen LogP contribution in [0.2, 0.25) is 0 Å². The van der Waals surface area contributed by atoms with Crippen molar-refractivity contribution in [1.29, 1.82) is 0 Å². The highest BCUT2D eigenvalue weighted by Gasteiger charge is 2.30. The highest BCUT2D eigenvalue weighted by Crippen LogP contribution is 2.29. The highest BCUT2D eigenvalue weighted by molar-refractivity contribution is 7.07. The van der Waals surface area contributed by atoms with Crippen LogP contribution in [0.3, 0.4) is 0 Å². The second-order valence-electron chi connectivity index (χ2n) is 6.92. The van der Waals surface area contributed by atoms with Gasteiger partial charge in [0, 0.05) is 38.6 Å². The van der Waals surface area contributed by atoms with Gasteiger partial charge in [-0.1, -0.05) is 24.3 Å². The normalized spacial score (nSPS) is 17.1. The lowest BCUT2D eigenvalue weighted by molar-refractivity contribution is -0.132. The molecule has 0 atom stereocenters. The van der Waals surface area contributed by atoms with Gasteiger partial charge in [-0.2, -0.15) is 11.3 Å². The Kier molecular flexibility index (Phi) is 4.67. The van der Waals surface area contributed by atoms with Crippen molar-refractivity contribution in [3.63, 3.8) is 0 Å². The van der Waals surface area contributed by atoms with Gasteiger partial charge in [-0.15, -0.1) is 0 Å². The molecule has 1 aliphatic carbocycles. The molecule has 126 valence electrons. The van der Waals surface area contributed by atoms with E-state index in [0.29, 0.717) is 18.4 Å². The molecule has 2 heterocycles. The van der Waals surface area contributed by atoms with Crippen LogP contribution >= 0.6 is 11.3 Å². The maximum Gasteiger partial charge on any atom is 0.224 e. The summed E-state index contributed by atoms with van der Waals surface area (Å²) in [6.07, 6.45) is 4.21. The molecule has 0 unspecified atom stereocenters. The Morgan fingerprint density at radius 3 is 2.79 bits per heavy atom. The fourth-order valence-corrected chi connectivity index (χ4v) is 4.21. The molecule has 24 heavy (non-hydrogen) atoms. The summed E-state index contributed by atoms with van der Waals surface area (Å²) in [4.78, 5) is 17.2. The van der Waals surface area contributed by atoms with Gasteiger partial charge in [0.2, 0.25) is 5.91 Å². The van der Waals surface area contributed by atoms with Crippen LogP contribution < -0.4 is 0 Å². The fourth-order valence-electron chi connectivity index (χ4n) is 3.55. The summed E-state index contributed by atoms with van der Waals surface area (Å²) < 4.78 is 0. The number of hydrogen-bond donors (Lipinski definition) is 0. The lowest BCUT2D eigenvalue weighted by Crippen LogP contribution is -2.38. The summed E-state index contributed by atoms with van der Waals surface area (Å²) in [6.45, 7) is 3.52. The first-order chi connectivity index (χ1) is 11.8. The molecule has 2 aromatic rings. The van der Waals surface area contributed by atoms with Crippen molar-refractivity contribution in [1.82, 2.24) is 9.80 Å². The first kappa shape index (κ1) is 15.9. The largest absolute Gasteiger partial charge is 0.338 e. The molecule has 1 fully saturated rings. The SMILES string of the molecule is O=C(CCN(Cc1ccsc1)C1CC1)N1CCc2ccccc2C1. The Bertz CT molecular complexity index is 693. The number of amides is 1. The van der Waals surface area contributed by atoms with Crippen LogP contribution in [0.4, 0.5) is 0 Å². The van der Waals surface area contributed by atoms with Gasteiger partial charge in [0.05, 0.1) is 0 Å². The zero-order valence-corrected chi connectivity index (χ0v) is 14.8. The van der Waals surface area contributed by atoms with Gasteiger partial charge in [0.25, 0.3) is 0 Å². The molecule has 1 aromatic carbocycles. The molecule has 4 rings (SSSR count). The number of carbonyl (C=O) groups is 1. The molecule has 1 amide bonds. The topological polar surface area (TPSA) is 23.6 Å². The molecule has 0 bridgehead atoms. The Labute approximate surface area is 147 Å². The lowest BCUT2D eigenvalue weighted by Gasteiger charge is -2.30. The van der Waals surface area contributed by atoms with Gasteiger partial charge in [-0.05, 0) is 52.8 Å². The number of benzene rings is 1. The molecular formula is C20H24N2OS. The number of nitrogens with zero attached hydrogens (tertiary/aromatic N) is 2. The zero-order valence-electron chi connectivity index (χ0n) is 14.0. The third-order valence-corrected chi connectivity index (χ3v) is 5.86. The van der Waals surface area contributed by atoms with Crippen molar-refractivity contribution in [2.24, 2.45) is 0 Å². The third kappa shape index (κ3) is 3.70. The summed E-state index contributed by atoms with van der Waals surface area (Å²) in [6, 6.07) is 11.4. The van der Waals surface area contributed by atoms with Gasteiger partial charge < -0.3 is 4.90 Å². The maximum atomic E-state index is 12.7. The molecule has 1 saturated carbocycles. The van der Waals surface area contributed by atoms with Crippen molar-refractivity contribution in [2.45, 2.75) is 44.8 Å². The van der Waals surface area contributed by atoms with E-state index in [1.54, 1.807) is 11.3 Å². The Morgan fingerprint density at radius 1 is 1.21 bits per heavy atom. The molecule has 0 N–H and O–H groups in total. The average molecular weight is 340 g/mol. The van der Waals surface area contributed by atoms with E-state index in [-0.39, 0.29) is 0 Å². The number of thiophene rings is 1. The van der Waals surface area contributed by atoms with Crippen LogP contribution in [0.5, 0.6) is 0 Å². The number of fused-ring (bicyclic) bond motifs is 1. The van der Waals surface area contributed by atoms with E-state index in [1.807, 2.05) is 4.90 Å². The minimum atomic E-state index is 0.306. The Balaban J connectivity index is 1.32.